The summed E-state index contributed by atoms with van der Waals surface area (Å²) in [7, 11) is 0. The number of likely N-dealkylation sites (tertiary alicyclic amines) is 1. The summed E-state index contributed by atoms with van der Waals surface area (Å²) < 4.78 is 0. The predicted octanol–water partition coefficient (Wildman–Crippen LogP) is 1.39. The van der Waals surface area contributed by atoms with Gasteiger partial charge in [0.05, 0.1) is 6.04 Å². The van der Waals surface area contributed by atoms with Gasteiger partial charge in [-0.3, -0.25) is 4.79 Å². The van der Waals surface area contributed by atoms with E-state index >= 15 is 0 Å². The van der Waals surface area contributed by atoms with Gasteiger partial charge in [-0.1, -0.05) is 13.8 Å². The van der Waals surface area contributed by atoms with Crippen molar-refractivity contribution in [3.63, 3.8) is 0 Å². The molecule has 2 rings (SSSR count). The summed E-state index contributed by atoms with van der Waals surface area (Å²) in [4.78, 5) is 14.4. The third kappa shape index (κ3) is 2.03. The first-order valence-corrected chi connectivity index (χ1v) is 6.28. The van der Waals surface area contributed by atoms with Crippen molar-refractivity contribution in [3.8, 4) is 0 Å². The van der Waals surface area contributed by atoms with Crippen LogP contribution in [0.4, 0.5) is 0 Å². The Balaban J connectivity index is 2.00. The van der Waals surface area contributed by atoms with Gasteiger partial charge in [-0.2, -0.15) is 0 Å². The molecule has 2 aliphatic heterocycles. The molecule has 3 unspecified atom stereocenters. The molecule has 86 valence electrons. The van der Waals surface area contributed by atoms with Crippen LogP contribution in [0.15, 0.2) is 0 Å². The van der Waals surface area contributed by atoms with E-state index in [0.29, 0.717) is 17.9 Å². The molecule has 0 bridgehead atoms. The standard InChI is InChI=1S/C12H22N2O/c1-3-10-5-4-8-14(10)12(15)11-9(2)6-7-13-11/h9-11,13H,3-8H2,1-2H3. The van der Waals surface area contributed by atoms with Crippen LogP contribution in [0.2, 0.25) is 0 Å². The summed E-state index contributed by atoms with van der Waals surface area (Å²) >= 11 is 0. The molecule has 2 heterocycles. The quantitative estimate of drug-likeness (QED) is 0.747. The average molecular weight is 210 g/mol. The molecule has 1 N–H and O–H groups in total. The number of amides is 1. The van der Waals surface area contributed by atoms with Crippen molar-refractivity contribution >= 4 is 5.91 Å². The Morgan fingerprint density at radius 2 is 2.27 bits per heavy atom. The van der Waals surface area contributed by atoms with Gasteiger partial charge < -0.3 is 10.2 Å². The van der Waals surface area contributed by atoms with E-state index in [2.05, 4.69) is 24.1 Å². The maximum absolute atomic E-state index is 12.3. The highest BCUT2D eigenvalue weighted by molar-refractivity contribution is 5.83. The van der Waals surface area contributed by atoms with Crippen LogP contribution in [0.25, 0.3) is 0 Å². The van der Waals surface area contributed by atoms with Crippen molar-refractivity contribution in [3.05, 3.63) is 0 Å². The van der Waals surface area contributed by atoms with E-state index in [1.807, 2.05) is 0 Å². The van der Waals surface area contributed by atoms with Crippen LogP contribution in [0.1, 0.15) is 39.5 Å². The van der Waals surface area contributed by atoms with Crippen LogP contribution in [-0.2, 0) is 4.79 Å². The van der Waals surface area contributed by atoms with Crippen molar-refractivity contribution in [1.82, 2.24) is 10.2 Å². The van der Waals surface area contributed by atoms with Crippen LogP contribution >= 0.6 is 0 Å². The van der Waals surface area contributed by atoms with Gasteiger partial charge in [0.2, 0.25) is 5.91 Å². The lowest BCUT2D eigenvalue weighted by Gasteiger charge is -2.28. The monoisotopic (exact) mass is 210 g/mol. The van der Waals surface area contributed by atoms with Crippen LogP contribution in [0.5, 0.6) is 0 Å². The molecule has 3 heteroatoms. The SMILES string of the molecule is CCC1CCCN1C(=O)C1NCCC1C. The zero-order chi connectivity index (χ0) is 10.8. The molecule has 0 aromatic heterocycles. The number of nitrogens with zero attached hydrogens (tertiary/aromatic N) is 1. The Kier molecular flexibility index (Phi) is 3.29. The van der Waals surface area contributed by atoms with Crippen molar-refractivity contribution in [1.29, 1.82) is 0 Å². The fourth-order valence-corrected chi connectivity index (χ4v) is 2.89. The fourth-order valence-electron chi connectivity index (χ4n) is 2.89. The number of carbonyl (C=O) groups excluding carboxylic acids is 1. The Morgan fingerprint density at radius 1 is 1.47 bits per heavy atom. The maximum Gasteiger partial charge on any atom is 0.240 e. The van der Waals surface area contributed by atoms with Crippen LogP contribution in [0, 0.1) is 5.92 Å². The van der Waals surface area contributed by atoms with Gasteiger partial charge in [-0.25, -0.2) is 0 Å². The molecular weight excluding hydrogens is 188 g/mol. The number of carbonyl (C=O) groups is 1. The van der Waals surface area contributed by atoms with E-state index in [9.17, 15) is 4.79 Å². The Labute approximate surface area is 92.2 Å². The highest BCUT2D eigenvalue weighted by Gasteiger charge is 2.36. The molecule has 0 aliphatic carbocycles. The van der Waals surface area contributed by atoms with Gasteiger partial charge in [0, 0.05) is 12.6 Å². The number of nitrogens with one attached hydrogen (secondary N) is 1. The van der Waals surface area contributed by atoms with Crippen LogP contribution in [0.3, 0.4) is 0 Å². The van der Waals surface area contributed by atoms with Crippen LogP contribution in [-0.4, -0.2) is 36.0 Å². The second-order valence-electron chi connectivity index (χ2n) is 4.93. The zero-order valence-corrected chi connectivity index (χ0v) is 9.83. The minimum Gasteiger partial charge on any atom is -0.338 e. The molecule has 2 saturated heterocycles. The second-order valence-corrected chi connectivity index (χ2v) is 4.93. The summed E-state index contributed by atoms with van der Waals surface area (Å²) in [5.74, 6) is 0.861. The Hall–Kier alpha value is -0.570. The Bertz CT molecular complexity index is 242. The van der Waals surface area contributed by atoms with Gasteiger partial charge in [0.15, 0.2) is 0 Å². The predicted molar refractivity (Wildman–Crippen MR) is 60.6 cm³/mol. The maximum atomic E-state index is 12.3. The van der Waals surface area contributed by atoms with E-state index in [0.717, 1.165) is 25.9 Å². The lowest BCUT2D eigenvalue weighted by molar-refractivity contribution is -0.134. The molecule has 3 atom stereocenters. The van der Waals surface area contributed by atoms with E-state index in [1.165, 1.54) is 12.8 Å². The highest BCUT2D eigenvalue weighted by atomic mass is 16.2. The minimum absolute atomic E-state index is 0.0946. The summed E-state index contributed by atoms with van der Waals surface area (Å²) in [5, 5.41) is 3.34. The molecule has 0 aromatic rings. The minimum atomic E-state index is 0.0946. The summed E-state index contributed by atoms with van der Waals surface area (Å²) in [6, 6.07) is 0.601. The molecule has 0 spiro atoms. The summed E-state index contributed by atoms with van der Waals surface area (Å²) in [5.41, 5.74) is 0. The lowest BCUT2D eigenvalue weighted by Crippen LogP contribution is -2.47. The summed E-state index contributed by atoms with van der Waals surface area (Å²) in [6.07, 6.45) is 4.63. The third-order valence-electron chi connectivity index (χ3n) is 3.93. The van der Waals surface area contributed by atoms with Gasteiger partial charge in [-0.15, -0.1) is 0 Å². The number of hydrogen-bond donors (Lipinski definition) is 1. The Morgan fingerprint density at radius 3 is 2.87 bits per heavy atom. The van der Waals surface area contributed by atoms with E-state index < -0.39 is 0 Å². The fraction of sp³-hybridized carbons (Fsp3) is 0.917. The molecule has 0 saturated carbocycles. The molecule has 3 nitrogen and oxygen atoms in total. The first kappa shape index (κ1) is 10.9. The van der Waals surface area contributed by atoms with Gasteiger partial charge >= 0.3 is 0 Å². The largest absolute Gasteiger partial charge is 0.338 e. The number of rotatable bonds is 2. The molecule has 15 heavy (non-hydrogen) atoms. The molecule has 2 aliphatic rings. The van der Waals surface area contributed by atoms with Crippen molar-refractivity contribution in [2.45, 2.75) is 51.6 Å². The van der Waals surface area contributed by atoms with Gasteiger partial charge in [0.25, 0.3) is 0 Å². The average Bonchev–Trinajstić information content (AvgIpc) is 2.84. The topological polar surface area (TPSA) is 32.3 Å². The smallest absolute Gasteiger partial charge is 0.240 e. The molecule has 1 amide bonds. The molecular formula is C12H22N2O. The normalized spacial score (nSPS) is 36.1. The second kappa shape index (κ2) is 4.52. The van der Waals surface area contributed by atoms with Crippen molar-refractivity contribution in [2.75, 3.05) is 13.1 Å². The van der Waals surface area contributed by atoms with Crippen molar-refractivity contribution in [2.24, 2.45) is 5.92 Å². The van der Waals surface area contributed by atoms with E-state index in [-0.39, 0.29) is 6.04 Å². The lowest BCUT2D eigenvalue weighted by atomic mass is 10.0. The number of hydrogen-bond acceptors (Lipinski definition) is 2. The first-order chi connectivity index (χ1) is 7.24. The molecule has 0 aromatic carbocycles. The van der Waals surface area contributed by atoms with Crippen LogP contribution < -0.4 is 5.32 Å². The first-order valence-electron chi connectivity index (χ1n) is 6.28. The van der Waals surface area contributed by atoms with E-state index in [1.54, 1.807) is 0 Å². The van der Waals surface area contributed by atoms with Gasteiger partial charge in [0.1, 0.15) is 0 Å². The zero-order valence-electron chi connectivity index (χ0n) is 9.83. The molecule has 0 radical (unpaired) electrons. The van der Waals surface area contributed by atoms with Gasteiger partial charge in [-0.05, 0) is 38.1 Å². The van der Waals surface area contributed by atoms with Crippen molar-refractivity contribution < 1.29 is 4.79 Å². The third-order valence-corrected chi connectivity index (χ3v) is 3.93. The van der Waals surface area contributed by atoms with E-state index in [4.69, 9.17) is 0 Å². The summed E-state index contributed by atoms with van der Waals surface area (Å²) in [6.45, 7) is 6.34. The molecule has 2 fully saturated rings. The highest BCUT2D eigenvalue weighted by Crippen LogP contribution is 2.24.